The normalized spacial score (nSPS) is 11.5. The van der Waals surface area contributed by atoms with Crippen LogP contribution >= 0.6 is 0 Å². The fourth-order valence-corrected chi connectivity index (χ4v) is 2.66. The van der Waals surface area contributed by atoms with Gasteiger partial charge in [-0.2, -0.15) is 0 Å². The van der Waals surface area contributed by atoms with Crippen molar-refractivity contribution in [1.82, 2.24) is 0 Å². The van der Waals surface area contributed by atoms with Crippen LogP contribution in [0.15, 0.2) is 59.8 Å². The average molecular weight is 325 g/mol. The third kappa shape index (κ3) is 5.73. The summed E-state index contributed by atoms with van der Waals surface area (Å²) in [5.74, 6) is 0.859. The van der Waals surface area contributed by atoms with Gasteiger partial charge in [-0.1, -0.05) is 74.5 Å². The van der Waals surface area contributed by atoms with E-state index in [2.05, 4.69) is 12.1 Å². The Hall–Kier alpha value is -2.29. The maximum Gasteiger partial charge on any atom is 0.119 e. The molecule has 24 heavy (non-hydrogen) atoms. The molecule has 3 nitrogen and oxygen atoms in total. The Kier molecular flexibility index (Phi) is 7.88. The number of benzene rings is 2. The van der Waals surface area contributed by atoms with E-state index >= 15 is 0 Å². The first-order valence-corrected chi connectivity index (χ1v) is 8.86. The fourth-order valence-electron chi connectivity index (χ4n) is 2.66. The molecule has 0 aliphatic carbocycles. The van der Waals surface area contributed by atoms with Gasteiger partial charge in [0.15, 0.2) is 0 Å². The summed E-state index contributed by atoms with van der Waals surface area (Å²) in [6, 6.07) is 17.4. The lowest BCUT2D eigenvalue weighted by molar-refractivity contribution is 0.304. The number of unbranched alkanes of at least 4 members (excludes halogenated alkanes) is 5. The van der Waals surface area contributed by atoms with Gasteiger partial charge in [0.2, 0.25) is 0 Å². The number of nitrogens with zero attached hydrogens (tertiary/aromatic N) is 1. The Bertz CT molecular complexity index is 605. The Labute approximate surface area is 145 Å². The minimum atomic E-state index is 0.568. The van der Waals surface area contributed by atoms with Gasteiger partial charge in [-0.3, -0.25) is 0 Å². The van der Waals surface area contributed by atoms with E-state index in [1.54, 1.807) is 0 Å². The molecule has 2 rings (SSSR count). The molecule has 0 aliphatic heterocycles. The summed E-state index contributed by atoms with van der Waals surface area (Å²) < 4.78 is 5.78. The molecule has 0 fully saturated rings. The number of ether oxygens (including phenoxy) is 1. The van der Waals surface area contributed by atoms with Crippen LogP contribution in [-0.2, 0) is 0 Å². The summed E-state index contributed by atoms with van der Waals surface area (Å²) in [6.45, 7) is 2.99. The van der Waals surface area contributed by atoms with Gasteiger partial charge in [0, 0.05) is 11.1 Å². The molecule has 0 bridgehead atoms. The number of hydrogen-bond donors (Lipinski definition) is 1. The molecule has 0 unspecified atom stereocenters. The topological polar surface area (TPSA) is 41.8 Å². The number of hydrogen-bond acceptors (Lipinski definition) is 3. The molecule has 0 aromatic heterocycles. The number of rotatable bonds is 10. The predicted molar refractivity (Wildman–Crippen MR) is 99.2 cm³/mol. The Balaban J connectivity index is 1.82. The van der Waals surface area contributed by atoms with Gasteiger partial charge in [0.25, 0.3) is 0 Å². The zero-order valence-electron chi connectivity index (χ0n) is 14.4. The molecule has 128 valence electrons. The average Bonchev–Trinajstić information content (AvgIpc) is 2.64. The second-order valence-corrected chi connectivity index (χ2v) is 5.96. The van der Waals surface area contributed by atoms with Crippen molar-refractivity contribution in [3.63, 3.8) is 0 Å². The molecule has 0 saturated carbocycles. The molecular weight excluding hydrogens is 298 g/mol. The van der Waals surface area contributed by atoms with E-state index in [0.717, 1.165) is 29.9 Å². The van der Waals surface area contributed by atoms with E-state index in [1.807, 2.05) is 54.6 Å². The first-order chi connectivity index (χ1) is 11.8. The highest BCUT2D eigenvalue weighted by atomic mass is 16.5. The lowest BCUT2D eigenvalue weighted by Crippen LogP contribution is -2.03. The molecule has 2 aromatic carbocycles. The Morgan fingerprint density at radius 1 is 0.833 bits per heavy atom. The third-order valence-electron chi connectivity index (χ3n) is 4.04. The smallest absolute Gasteiger partial charge is 0.119 e. The van der Waals surface area contributed by atoms with Gasteiger partial charge in [-0.25, -0.2) is 0 Å². The van der Waals surface area contributed by atoms with Crippen molar-refractivity contribution >= 4 is 5.71 Å². The molecule has 0 aliphatic rings. The van der Waals surface area contributed by atoms with E-state index in [4.69, 9.17) is 4.74 Å². The molecule has 0 atom stereocenters. The molecule has 1 N–H and O–H groups in total. The van der Waals surface area contributed by atoms with Gasteiger partial charge >= 0.3 is 0 Å². The van der Waals surface area contributed by atoms with Crippen molar-refractivity contribution in [3.05, 3.63) is 65.7 Å². The van der Waals surface area contributed by atoms with Crippen molar-refractivity contribution < 1.29 is 9.94 Å². The van der Waals surface area contributed by atoms with E-state index in [0.29, 0.717) is 5.71 Å². The van der Waals surface area contributed by atoms with Crippen molar-refractivity contribution in [1.29, 1.82) is 0 Å². The van der Waals surface area contributed by atoms with Gasteiger partial charge in [-0.15, -0.1) is 0 Å². The van der Waals surface area contributed by atoms with Crippen molar-refractivity contribution in [3.8, 4) is 5.75 Å². The van der Waals surface area contributed by atoms with Crippen LogP contribution in [0, 0.1) is 0 Å². The molecule has 0 radical (unpaired) electrons. The molecule has 0 saturated heterocycles. The molecule has 2 aromatic rings. The predicted octanol–water partition coefficient (Wildman–Crippen LogP) is 5.65. The van der Waals surface area contributed by atoms with E-state index in [9.17, 15) is 5.21 Å². The van der Waals surface area contributed by atoms with Crippen LogP contribution in [0.5, 0.6) is 5.75 Å². The first kappa shape index (κ1) is 18.1. The largest absolute Gasteiger partial charge is 0.494 e. The lowest BCUT2D eigenvalue weighted by Gasteiger charge is -2.08. The van der Waals surface area contributed by atoms with Crippen molar-refractivity contribution in [2.45, 2.75) is 45.4 Å². The van der Waals surface area contributed by atoms with Crippen molar-refractivity contribution in [2.24, 2.45) is 5.16 Å². The highest BCUT2D eigenvalue weighted by Gasteiger charge is 2.07. The van der Waals surface area contributed by atoms with Crippen LogP contribution < -0.4 is 4.74 Å². The summed E-state index contributed by atoms with van der Waals surface area (Å²) in [5, 5.41) is 12.8. The van der Waals surface area contributed by atoms with E-state index < -0.39 is 0 Å². The Morgan fingerprint density at radius 3 is 2.12 bits per heavy atom. The quantitative estimate of drug-likeness (QED) is 0.265. The summed E-state index contributed by atoms with van der Waals surface area (Å²) in [4.78, 5) is 0. The van der Waals surface area contributed by atoms with Crippen LogP contribution in [-0.4, -0.2) is 17.5 Å². The van der Waals surface area contributed by atoms with Crippen LogP contribution in [0.1, 0.15) is 56.6 Å². The van der Waals surface area contributed by atoms with Crippen LogP contribution in [0.25, 0.3) is 0 Å². The third-order valence-corrected chi connectivity index (χ3v) is 4.04. The van der Waals surface area contributed by atoms with E-state index in [-0.39, 0.29) is 0 Å². The van der Waals surface area contributed by atoms with Crippen LogP contribution in [0.3, 0.4) is 0 Å². The second-order valence-electron chi connectivity index (χ2n) is 5.96. The minimum Gasteiger partial charge on any atom is -0.494 e. The van der Waals surface area contributed by atoms with Gasteiger partial charge in [0.05, 0.1) is 6.61 Å². The van der Waals surface area contributed by atoms with Crippen molar-refractivity contribution in [2.75, 3.05) is 6.61 Å². The van der Waals surface area contributed by atoms with Crippen LogP contribution in [0.2, 0.25) is 0 Å². The summed E-state index contributed by atoms with van der Waals surface area (Å²) >= 11 is 0. The summed E-state index contributed by atoms with van der Waals surface area (Å²) in [5.41, 5.74) is 2.33. The minimum absolute atomic E-state index is 0.568. The van der Waals surface area contributed by atoms with Gasteiger partial charge in [-0.05, 0) is 30.7 Å². The molecule has 0 heterocycles. The van der Waals surface area contributed by atoms with E-state index in [1.165, 1.54) is 32.1 Å². The molecule has 0 spiro atoms. The maximum absolute atomic E-state index is 9.32. The summed E-state index contributed by atoms with van der Waals surface area (Å²) in [6.07, 6.45) is 7.56. The second kappa shape index (κ2) is 10.5. The van der Waals surface area contributed by atoms with Crippen LogP contribution in [0.4, 0.5) is 0 Å². The highest BCUT2D eigenvalue weighted by molar-refractivity contribution is 6.12. The molecule has 3 heteroatoms. The maximum atomic E-state index is 9.32. The zero-order valence-corrected chi connectivity index (χ0v) is 14.4. The van der Waals surface area contributed by atoms with Gasteiger partial charge < -0.3 is 9.94 Å². The number of oxime groups is 1. The SMILES string of the molecule is CCCCCCCCOc1ccc(/C(=N\O)c2ccccc2)cc1. The highest BCUT2D eigenvalue weighted by Crippen LogP contribution is 2.17. The zero-order chi connectivity index (χ0) is 17.0. The molecule has 0 amide bonds. The molecular formula is C21H27NO2. The van der Waals surface area contributed by atoms with Gasteiger partial charge in [0.1, 0.15) is 11.5 Å². The lowest BCUT2D eigenvalue weighted by atomic mass is 10.0. The fraction of sp³-hybridized carbons (Fsp3) is 0.381. The summed E-state index contributed by atoms with van der Waals surface area (Å²) in [7, 11) is 0. The monoisotopic (exact) mass is 325 g/mol. The first-order valence-electron chi connectivity index (χ1n) is 8.86. The Morgan fingerprint density at radius 2 is 1.46 bits per heavy atom. The standard InChI is InChI=1S/C21H27NO2/c1-2-3-4-5-6-10-17-24-20-15-13-19(14-16-20)21(22-23)18-11-8-7-9-12-18/h7-9,11-16,23H,2-6,10,17H2,1H3/b22-21-.